The van der Waals surface area contributed by atoms with E-state index in [4.69, 9.17) is 9.84 Å². The summed E-state index contributed by atoms with van der Waals surface area (Å²) in [6, 6.07) is 0. The number of carbonyl (C=O) groups is 2. The van der Waals surface area contributed by atoms with E-state index in [1.165, 1.54) is 6.42 Å². The average Bonchev–Trinajstić information content (AvgIpc) is 2.49. The lowest BCUT2D eigenvalue weighted by molar-refractivity contribution is -0.139. The third kappa shape index (κ3) is 5.63. The van der Waals surface area contributed by atoms with Crippen LogP contribution < -0.4 is 0 Å². The lowest BCUT2D eigenvalue weighted by atomic mass is 10.1. The standard InChI is InChI=1S/C15H26N2O4/c18-14(17-7-2-1-3-8-17)12-16-9-4-13(5-10-16)21-11-6-15(19)20/h13H,1-12H2,(H,19,20). The van der Waals surface area contributed by atoms with Gasteiger partial charge in [0, 0.05) is 26.2 Å². The fraction of sp³-hybridized carbons (Fsp3) is 0.867. The Balaban J connectivity index is 1.62. The van der Waals surface area contributed by atoms with Crippen molar-refractivity contribution in [2.24, 2.45) is 0 Å². The number of likely N-dealkylation sites (tertiary alicyclic amines) is 2. The van der Waals surface area contributed by atoms with Crippen LogP contribution in [0.25, 0.3) is 0 Å². The summed E-state index contributed by atoms with van der Waals surface area (Å²) in [6.07, 6.45) is 5.47. The van der Waals surface area contributed by atoms with Gasteiger partial charge in [0.05, 0.1) is 25.7 Å². The number of carbonyl (C=O) groups excluding carboxylic acids is 1. The largest absolute Gasteiger partial charge is 0.481 e. The van der Waals surface area contributed by atoms with Crippen molar-refractivity contribution in [2.45, 2.75) is 44.6 Å². The number of rotatable bonds is 6. The molecule has 2 saturated heterocycles. The molecule has 0 bridgehead atoms. The molecule has 6 heteroatoms. The van der Waals surface area contributed by atoms with Crippen LogP contribution in [-0.4, -0.2) is 72.2 Å². The van der Waals surface area contributed by atoms with Gasteiger partial charge in [-0.15, -0.1) is 0 Å². The summed E-state index contributed by atoms with van der Waals surface area (Å²) in [4.78, 5) is 26.8. The van der Waals surface area contributed by atoms with Crippen molar-refractivity contribution in [1.82, 2.24) is 9.80 Å². The van der Waals surface area contributed by atoms with E-state index >= 15 is 0 Å². The quantitative estimate of drug-likeness (QED) is 0.791. The van der Waals surface area contributed by atoms with Gasteiger partial charge in [-0.1, -0.05) is 0 Å². The number of carboxylic acid groups (broad SMARTS) is 1. The number of nitrogens with zero attached hydrogens (tertiary/aromatic N) is 2. The molecule has 0 spiro atoms. The molecule has 0 aliphatic carbocycles. The molecule has 6 nitrogen and oxygen atoms in total. The Morgan fingerprint density at radius 3 is 2.33 bits per heavy atom. The molecule has 0 saturated carbocycles. The van der Waals surface area contributed by atoms with Gasteiger partial charge in [-0.2, -0.15) is 0 Å². The van der Waals surface area contributed by atoms with Crippen molar-refractivity contribution in [3.8, 4) is 0 Å². The lowest BCUT2D eigenvalue weighted by Gasteiger charge is -2.34. The highest BCUT2D eigenvalue weighted by molar-refractivity contribution is 5.78. The van der Waals surface area contributed by atoms with E-state index in [9.17, 15) is 9.59 Å². The van der Waals surface area contributed by atoms with E-state index < -0.39 is 5.97 Å². The molecule has 0 aromatic heterocycles. The normalized spacial score (nSPS) is 21.4. The summed E-state index contributed by atoms with van der Waals surface area (Å²) in [5.41, 5.74) is 0. The van der Waals surface area contributed by atoms with Gasteiger partial charge in [-0.3, -0.25) is 14.5 Å². The maximum absolute atomic E-state index is 12.2. The second-order valence-electron chi connectivity index (χ2n) is 5.93. The van der Waals surface area contributed by atoms with Crippen molar-refractivity contribution in [3.63, 3.8) is 0 Å². The maximum atomic E-state index is 12.2. The summed E-state index contributed by atoms with van der Waals surface area (Å²) >= 11 is 0. The first-order chi connectivity index (χ1) is 10.1. The Kier molecular flexibility index (Phi) is 6.45. The predicted octanol–water partition coefficient (Wildman–Crippen LogP) is 0.955. The molecular formula is C15H26N2O4. The van der Waals surface area contributed by atoms with Crippen LogP contribution in [0.2, 0.25) is 0 Å². The molecule has 0 aromatic rings. The number of carboxylic acids is 1. The Bertz CT molecular complexity index is 348. The molecule has 2 aliphatic rings. The van der Waals surface area contributed by atoms with Crippen LogP contribution in [-0.2, 0) is 14.3 Å². The zero-order valence-corrected chi connectivity index (χ0v) is 12.6. The number of hydrogen-bond acceptors (Lipinski definition) is 4. The van der Waals surface area contributed by atoms with Gasteiger partial charge in [0.15, 0.2) is 0 Å². The average molecular weight is 298 g/mol. The molecule has 120 valence electrons. The minimum atomic E-state index is -0.820. The lowest BCUT2D eigenvalue weighted by Crippen LogP contribution is -2.46. The third-order valence-electron chi connectivity index (χ3n) is 4.27. The summed E-state index contributed by atoms with van der Waals surface area (Å²) in [6.45, 7) is 4.34. The number of amides is 1. The Morgan fingerprint density at radius 2 is 1.71 bits per heavy atom. The minimum Gasteiger partial charge on any atom is -0.481 e. The smallest absolute Gasteiger partial charge is 0.305 e. The predicted molar refractivity (Wildman–Crippen MR) is 78.1 cm³/mol. The highest BCUT2D eigenvalue weighted by Crippen LogP contribution is 2.15. The number of hydrogen-bond donors (Lipinski definition) is 1. The van der Waals surface area contributed by atoms with Gasteiger partial charge in [0.2, 0.25) is 5.91 Å². The van der Waals surface area contributed by atoms with Crippen LogP contribution in [0.4, 0.5) is 0 Å². The Morgan fingerprint density at radius 1 is 1.05 bits per heavy atom. The first kappa shape index (κ1) is 16.2. The van der Waals surface area contributed by atoms with Crippen LogP contribution in [0.1, 0.15) is 38.5 Å². The van der Waals surface area contributed by atoms with E-state index in [0.717, 1.165) is 51.9 Å². The van der Waals surface area contributed by atoms with E-state index in [-0.39, 0.29) is 25.0 Å². The zero-order chi connectivity index (χ0) is 15.1. The first-order valence-electron chi connectivity index (χ1n) is 7.98. The summed E-state index contributed by atoms with van der Waals surface area (Å²) < 4.78 is 5.56. The number of ether oxygens (including phenoxy) is 1. The first-order valence-corrected chi connectivity index (χ1v) is 7.98. The fourth-order valence-electron chi connectivity index (χ4n) is 2.98. The van der Waals surface area contributed by atoms with E-state index in [0.29, 0.717) is 6.54 Å². The van der Waals surface area contributed by atoms with Crippen molar-refractivity contribution < 1.29 is 19.4 Å². The summed E-state index contributed by atoms with van der Waals surface area (Å²) in [5.74, 6) is -0.570. The van der Waals surface area contributed by atoms with Crippen LogP contribution in [0.5, 0.6) is 0 Å². The number of aliphatic carboxylic acids is 1. The van der Waals surface area contributed by atoms with Crippen LogP contribution in [0.15, 0.2) is 0 Å². The highest BCUT2D eigenvalue weighted by Gasteiger charge is 2.24. The molecule has 2 fully saturated rings. The fourth-order valence-corrected chi connectivity index (χ4v) is 2.98. The van der Waals surface area contributed by atoms with Crippen molar-refractivity contribution in [3.05, 3.63) is 0 Å². The Hall–Kier alpha value is -1.14. The molecule has 2 rings (SSSR count). The minimum absolute atomic E-state index is 0.0632. The summed E-state index contributed by atoms with van der Waals surface area (Å²) in [7, 11) is 0. The molecule has 2 heterocycles. The molecule has 2 aliphatic heterocycles. The maximum Gasteiger partial charge on any atom is 0.305 e. The molecule has 0 atom stereocenters. The van der Waals surface area contributed by atoms with E-state index in [1.807, 2.05) is 4.90 Å². The van der Waals surface area contributed by atoms with Crippen molar-refractivity contribution in [1.29, 1.82) is 0 Å². The third-order valence-corrected chi connectivity index (χ3v) is 4.27. The number of piperidine rings is 2. The molecular weight excluding hydrogens is 272 g/mol. The van der Waals surface area contributed by atoms with E-state index in [2.05, 4.69) is 4.90 Å². The van der Waals surface area contributed by atoms with E-state index in [1.54, 1.807) is 0 Å². The van der Waals surface area contributed by atoms with Gasteiger partial charge in [0.25, 0.3) is 0 Å². The van der Waals surface area contributed by atoms with Crippen LogP contribution >= 0.6 is 0 Å². The molecule has 0 aromatic carbocycles. The highest BCUT2D eigenvalue weighted by atomic mass is 16.5. The zero-order valence-electron chi connectivity index (χ0n) is 12.6. The molecule has 0 radical (unpaired) electrons. The van der Waals surface area contributed by atoms with Gasteiger partial charge < -0.3 is 14.7 Å². The molecule has 0 unspecified atom stereocenters. The van der Waals surface area contributed by atoms with Gasteiger partial charge in [0.1, 0.15) is 0 Å². The topological polar surface area (TPSA) is 70.1 Å². The van der Waals surface area contributed by atoms with Gasteiger partial charge in [-0.25, -0.2) is 0 Å². The summed E-state index contributed by atoms with van der Waals surface area (Å²) in [5, 5.41) is 8.58. The van der Waals surface area contributed by atoms with Crippen LogP contribution in [0.3, 0.4) is 0 Å². The molecule has 21 heavy (non-hydrogen) atoms. The van der Waals surface area contributed by atoms with Crippen molar-refractivity contribution in [2.75, 3.05) is 39.3 Å². The van der Waals surface area contributed by atoms with Gasteiger partial charge in [-0.05, 0) is 32.1 Å². The molecule has 1 N–H and O–H groups in total. The van der Waals surface area contributed by atoms with Crippen LogP contribution in [0, 0.1) is 0 Å². The van der Waals surface area contributed by atoms with Crippen molar-refractivity contribution >= 4 is 11.9 Å². The monoisotopic (exact) mass is 298 g/mol. The molecule has 1 amide bonds. The van der Waals surface area contributed by atoms with Gasteiger partial charge >= 0.3 is 5.97 Å². The SMILES string of the molecule is O=C(O)CCOC1CCN(CC(=O)N2CCCCC2)CC1. The second-order valence-corrected chi connectivity index (χ2v) is 5.93. The Labute approximate surface area is 126 Å². The second kappa shape index (κ2) is 8.34.